The maximum atomic E-state index is 13.0. The van der Waals surface area contributed by atoms with Crippen LogP contribution in [-0.4, -0.2) is 68.5 Å². The number of likely N-dealkylation sites (N-methyl/N-ethyl adjacent to an activating group) is 1. The zero-order valence-corrected chi connectivity index (χ0v) is 54.7. The number of carbonyl (C=O) groups excluding carboxylic acids is 1. The van der Waals surface area contributed by atoms with Gasteiger partial charge in [0, 0.05) is 6.42 Å². The van der Waals surface area contributed by atoms with Gasteiger partial charge in [0.25, 0.3) is 7.82 Å². The average molecular weight is 1140 g/mol. The molecular formula is C71H135N2O6P. The van der Waals surface area contributed by atoms with E-state index < -0.39 is 26.6 Å². The second kappa shape index (κ2) is 61.8. The third-order valence-corrected chi connectivity index (χ3v) is 16.7. The van der Waals surface area contributed by atoms with Gasteiger partial charge >= 0.3 is 0 Å². The van der Waals surface area contributed by atoms with Crippen molar-refractivity contribution < 1.29 is 32.9 Å². The van der Waals surface area contributed by atoms with Gasteiger partial charge in [-0.25, -0.2) is 0 Å². The van der Waals surface area contributed by atoms with Crippen molar-refractivity contribution in [2.75, 3.05) is 40.9 Å². The van der Waals surface area contributed by atoms with Crippen LogP contribution < -0.4 is 10.2 Å². The molecule has 3 atom stereocenters. The lowest BCUT2D eigenvalue weighted by Crippen LogP contribution is -2.45. The first kappa shape index (κ1) is 78.2. The summed E-state index contributed by atoms with van der Waals surface area (Å²) < 4.78 is 23.4. The van der Waals surface area contributed by atoms with Gasteiger partial charge < -0.3 is 28.8 Å². The highest BCUT2D eigenvalue weighted by Gasteiger charge is 2.23. The maximum absolute atomic E-state index is 13.0. The number of hydrogen-bond acceptors (Lipinski definition) is 6. The molecule has 0 fully saturated rings. The number of rotatable bonds is 64. The number of aliphatic hydroxyl groups excluding tert-OH is 1. The van der Waals surface area contributed by atoms with Gasteiger partial charge in [-0.15, -0.1) is 0 Å². The third kappa shape index (κ3) is 63.8. The van der Waals surface area contributed by atoms with Crippen molar-refractivity contribution >= 4 is 13.7 Å². The minimum atomic E-state index is -4.61. The van der Waals surface area contributed by atoms with Gasteiger partial charge in [0.1, 0.15) is 13.2 Å². The Bertz CT molecular complexity index is 1490. The molecule has 0 aliphatic carbocycles. The number of nitrogens with one attached hydrogen (secondary N) is 1. The number of nitrogens with zero attached hydrogens (tertiary/aromatic N) is 1. The number of unbranched alkanes of at least 4 members (excludes halogenated alkanes) is 43. The van der Waals surface area contributed by atoms with Gasteiger partial charge in [0.2, 0.25) is 5.91 Å². The van der Waals surface area contributed by atoms with Crippen LogP contribution in [0, 0.1) is 0 Å². The molecule has 80 heavy (non-hydrogen) atoms. The minimum absolute atomic E-state index is 0.00668. The fourth-order valence-corrected chi connectivity index (χ4v) is 11.0. The van der Waals surface area contributed by atoms with E-state index in [-0.39, 0.29) is 12.5 Å². The molecular weight excluding hydrogens is 1010 g/mol. The highest BCUT2D eigenvalue weighted by molar-refractivity contribution is 7.45. The van der Waals surface area contributed by atoms with Gasteiger partial charge in [-0.05, 0) is 70.6 Å². The molecule has 9 heteroatoms. The molecule has 0 aromatic heterocycles. The molecule has 0 aromatic rings. The smallest absolute Gasteiger partial charge is 0.268 e. The monoisotopic (exact) mass is 1140 g/mol. The van der Waals surface area contributed by atoms with Crippen molar-refractivity contribution in [3.05, 3.63) is 60.8 Å². The molecule has 0 aliphatic heterocycles. The molecule has 0 rings (SSSR count). The minimum Gasteiger partial charge on any atom is -0.756 e. The van der Waals surface area contributed by atoms with Gasteiger partial charge in [-0.2, -0.15) is 0 Å². The van der Waals surface area contributed by atoms with Crippen molar-refractivity contribution in [1.82, 2.24) is 5.32 Å². The van der Waals surface area contributed by atoms with Crippen LogP contribution in [0.2, 0.25) is 0 Å². The number of amides is 1. The Hall–Kier alpha value is -1.80. The Morgan fingerprint density at radius 3 is 1.10 bits per heavy atom. The topological polar surface area (TPSA) is 108 Å². The van der Waals surface area contributed by atoms with Crippen LogP contribution in [0.1, 0.15) is 335 Å². The zero-order valence-electron chi connectivity index (χ0n) is 53.8. The molecule has 0 aromatic carbocycles. The third-order valence-electron chi connectivity index (χ3n) is 15.7. The van der Waals surface area contributed by atoms with Crippen molar-refractivity contribution in [3.8, 4) is 0 Å². The molecule has 0 radical (unpaired) electrons. The average Bonchev–Trinajstić information content (AvgIpc) is 3.42. The van der Waals surface area contributed by atoms with Crippen molar-refractivity contribution in [2.45, 2.75) is 347 Å². The number of aliphatic hydroxyl groups is 1. The Labute approximate surface area is 498 Å². The number of phosphoric acid groups is 1. The predicted octanol–water partition coefficient (Wildman–Crippen LogP) is 21.4. The molecule has 0 heterocycles. The second-order valence-corrected chi connectivity index (χ2v) is 26.3. The van der Waals surface area contributed by atoms with Gasteiger partial charge in [0.15, 0.2) is 0 Å². The fourth-order valence-electron chi connectivity index (χ4n) is 10.3. The summed E-state index contributed by atoms with van der Waals surface area (Å²) in [7, 11) is 1.25. The molecule has 8 nitrogen and oxygen atoms in total. The second-order valence-electron chi connectivity index (χ2n) is 24.9. The maximum Gasteiger partial charge on any atom is 0.268 e. The number of allylic oxidation sites excluding steroid dienone is 9. The van der Waals surface area contributed by atoms with Crippen LogP contribution in [0.3, 0.4) is 0 Å². The van der Waals surface area contributed by atoms with E-state index in [4.69, 9.17) is 9.05 Å². The lowest BCUT2D eigenvalue weighted by Gasteiger charge is -2.29. The Kier molecular flexibility index (Phi) is 60.4. The van der Waals surface area contributed by atoms with Crippen LogP contribution in [0.25, 0.3) is 0 Å². The van der Waals surface area contributed by atoms with Crippen molar-refractivity contribution in [3.63, 3.8) is 0 Å². The van der Waals surface area contributed by atoms with Gasteiger partial charge in [-0.1, -0.05) is 319 Å². The highest BCUT2D eigenvalue weighted by Crippen LogP contribution is 2.38. The zero-order chi connectivity index (χ0) is 58.4. The molecule has 2 N–H and O–H groups in total. The molecule has 0 bridgehead atoms. The Balaban J connectivity index is 4.11. The summed E-state index contributed by atoms with van der Waals surface area (Å²) >= 11 is 0. The van der Waals surface area contributed by atoms with Crippen LogP contribution in [-0.2, 0) is 18.4 Å². The van der Waals surface area contributed by atoms with Crippen LogP contribution in [0.4, 0.5) is 0 Å². The summed E-state index contributed by atoms with van der Waals surface area (Å²) in [6.45, 7) is 4.66. The molecule has 0 saturated carbocycles. The van der Waals surface area contributed by atoms with Crippen molar-refractivity contribution in [1.29, 1.82) is 0 Å². The van der Waals surface area contributed by atoms with Crippen LogP contribution >= 0.6 is 7.82 Å². The molecule has 1 amide bonds. The first-order valence-electron chi connectivity index (χ1n) is 34.7. The van der Waals surface area contributed by atoms with E-state index in [0.717, 1.165) is 51.4 Å². The Morgan fingerprint density at radius 1 is 0.438 bits per heavy atom. The first-order valence-corrected chi connectivity index (χ1v) is 36.1. The van der Waals surface area contributed by atoms with E-state index in [0.29, 0.717) is 17.4 Å². The summed E-state index contributed by atoms with van der Waals surface area (Å²) in [5, 5.41) is 13.9. The molecule has 3 unspecified atom stereocenters. The molecule has 470 valence electrons. The largest absolute Gasteiger partial charge is 0.756 e. The number of hydrogen-bond donors (Lipinski definition) is 2. The normalized spacial score (nSPS) is 14.0. The quantitative estimate of drug-likeness (QED) is 0.0272. The highest BCUT2D eigenvalue weighted by atomic mass is 31.2. The summed E-state index contributed by atoms with van der Waals surface area (Å²) in [4.78, 5) is 25.6. The number of quaternary nitrogens is 1. The van der Waals surface area contributed by atoms with E-state index in [1.165, 1.54) is 263 Å². The van der Waals surface area contributed by atoms with E-state index in [1.807, 2.05) is 27.2 Å². The van der Waals surface area contributed by atoms with E-state index in [9.17, 15) is 19.4 Å². The number of carbonyl (C=O) groups is 1. The Morgan fingerprint density at radius 2 is 0.738 bits per heavy atom. The SMILES string of the molecule is CCCCCCC/C=C\C/C=C\C/C=C\CCCCCCCCCCCCCCCCCCC(=O)NC(COP(=O)([O-])OCC[N+](C)(C)C)C(O)/C=C/CC/C=C/CCCCCCCCCCCCCCCCCCCCCCC. The standard InChI is InChI=1S/C71H135N2O6P/c1-6-8-10-12-14-16-18-20-22-24-26-28-30-32-34-35-36-37-39-41-43-45-47-49-51-53-55-57-59-61-63-65-71(75)72-69(68-79-80(76,77)78-67-66-73(3,4)5)70(74)64-62-60-58-56-54-52-50-48-46-44-42-40-38-33-31-29-27-25-23-21-19-17-15-13-11-9-7-2/h18,20,24,26,30,32,54,56,62,64,69-70,74H,6-17,19,21-23,25,27-29,31,33-53,55,57-61,63,65-68H2,1-5H3,(H-,72,75,76,77)/b20-18-,26-24-,32-30-,56-54+,64-62+. The van der Waals surface area contributed by atoms with E-state index >= 15 is 0 Å². The van der Waals surface area contributed by atoms with E-state index in [2.05, 4.69) is 67.8 Å². The lowest BCUT2D eigenvalue weighted by atomic mass is 10.0. The fraction of sp³-hybridized carbons (Fsp3) is 0.845. The summed E-state index contributed by atoms with van der Waals surface area (Å²) in [5.41, 5.74) is 0. The van der Waals surface area contributed by atoms with E-state index in [1.54, 1.807) is 6.08 Å². The van der Waals surface area contributed by atoms with Gasteiger partial charge in [-0.3, -0.25) is 9.36 Å². The lowest BCUT2D eigenvalue weighted by molar-refractivity contribution is -0.870. The summed E-state index contributed by atoms with van der Waals surface area (Å²) in [6, 6.07) is -0.907. The molecule has 0 saturated heterocycles. The van der Waals surface area contributed by atoms with Crippen LogP contribution in [0.15, 0.2) is 60.8 Å². The molecule has 0 spiro atoms. The number of phosphoric ester groups is 1. The summed E-state index contributed by atoms with van der Waals surface area (Å²) in [5.74, 6) is -0.204. The molecule has 0 aliphatic rings. The van der Waals surface area contributed by atoms with Gasteiger partial charge in [0.05, 0.1) is 39.9 Å². The summed E-state index contributed by atoms with van der Waals surface area (Å²) in [6.07, 6.45) is 84.8. The van der Waals surface area contributed by atoms with Crippen molar-refractivity contribution in [2.24, 2.45) is 0 Å². The predicted molar refractivity (Wildman–Crippen MR) is 348 cm³/mol. The van der Waals surface area contributed by atoms with Crippen LogP contribution in [0.5, 0.6) is 0 Å². The first-order chi connectivity index (χ1) is 39.0.